The minimum Gasteiger partial charge on any atom is -0.495 e. The molecule has 2 aromatic carbocycles. The molecule has 0 fully saturated rings. The third-order valence-electron chi connectivity index (χ3n) is 3.20. The molecule has 0 saturated carbocycles. The van der Waals surface area contributed by atoms with Crippen molar-refractivity contribution in [2.45, 2.75) is 0 Å². The van der Waals surface area contributed by atoms with Gasteiger partial charge in [0.05, 0.1) is 18.5 Å². The van der Waals surface area contributed by atoms with Crippen LogP contribution < -0.4 is 14.8 Å². The second kappa shape index (κ2) is 7.23. The predicted molar refractivity (Wildman–Crippen MR) is 86.3 cm³/mol. The molecule has 122 valence electrons. The SMILES string of the molecule is COc1ccccc1NC(=O)COc1ccc(-n2cnnn2)cc1. The zero-order chi connectivity index (χ0) is 16.8. The van der Waals surface area contributed by atoms with Crippen LogP contribution in [0.25, 0.3) is 5.69 Å². The molecule has 0 bridgehead atoms. The lowest BCUT2D eigenvalue weighted by atomic mass is 10.3. The van der Waals surface area contributed by atoms with Crippen molar-refractivity contribution >= 4 is 11.6 Å². The Morgan fingerprint density at radius 3 is 2.67 bits per heavy atom. The molecule has 3 rings (SSSR count). The molecule has 0 radical (unpaired) electrons. The highest BCUT2D eigenvalue weighted by Crippen LogP contribution is 2.23. The molecule has 1 amide bonds. The fourth-order valence-corrected chi connectivity index (χ4v) is 2.06. The van der Waals surface area contributed by atoms with Gasteiger partial charge < -0.3 is 14.8 Å². The summed E-state index contributed by atoms with van der Waals surface area (Å²) in [7, 11) is 1.55. The van der Waals surface area contributed by atoms with Crippen molar-refractivity contribution in [2.24, 2.45) is 0 Å². The van der Waals surface area contributed by atoms with Gasteiger partial charge in [-0.2, -0.15) is 0 Å². The van der Waals surface area contributed by atoms with E-state index in [1.165, 1.54) is 11.0 Å². The van der Waals surface area contributed by atoms with Gasteiger partial charge >= 0.3 is 0 Å². The Bertz CT molecular complexity index is 803. The Hall–Kier alpha value is -3.42. The molecule has 0 atom stereocenters. The van der Waals surface area contributed by atoms with Gasteiger partial charge in [0.25, 0.3) is 5.91 Å². The number of nitrogens with one attached hydrogen (secondary N) is 1. The molecule has 0 spiro atoms. The van der Waals surface area contributed by atoms with E-state index in [-0.39, 0.29) is 12.5 Å². The van der Waals surface area contributed by atoms with Crippen molar-refractivity contribution in [3.8, 4) is 17.2 Å². The minimum atomic E-state index is -0.274. The van der Waals surface area contributed by atoms with Crippen LogP contribution in [-0.4, -0.2) is 39.8 Å². The lowest BCUT2D eigenvalue weighted by molar-refractivity contribution is -0.118. The van der Waals surface area contributed by atoms with E-state index in [0.29, 0.717) is 17.2 Å². The van der Waals surface area contributed by atoms with Crippen LogP contribution in [-0.2, 0) is 4.79 Å². The first-order valence-electron chi connectivity index (χ1n) is 7.15. The molecule has 3 aromatic rings. The number of hydrogen-bond acceptors (Lipinski definition) is 6. The van der Waals surface area contributed by atoms with Gasteiger partial charge in [-0.1, -0.05) is 12.1 Å². The molecule has 8 heteroatoms. The standard InChI is InChI=1S/C16H15N5O3/c1-23-15-5-3-2-4-14(15)18-16(22)10-24-13-8-6-12(7-9-13)21-11-17-19-20-21/h2-9,11H,10H2,1H3,(H,18,22). The molecule has 1 N–H and O–H groups in total. The maximum atomic E-state index is 12.0. The molecule has 0 saturated heterocycles. The van der Waals surface area contributed by atoms with Crippen molar-refractivity contribution in [1.82, 2.24) is 20.2 Å². The number of carbonyl (C=O) groups is 1. The summed E-state index contributed by atoms with van der Waals surface area (Å²) in [4.78, 5) is 12.0. The molecular formula is C16H15N5O3. The average Bonchev–Trinajstić information content (AvgIpc) is 3.15. The van der Waals surface area contributed by atoms with Gasteiger partial charge in [0.15, 0.2) is 6.61 Å². The lowest BCUT2D eigenvalue weighted by Gasteiger charge is -2.10. The fraction of sp³-hybridized carbons (Fsp3) is 0.125. The van der Waals surface area contributed by atoms with E-state index in [9.17, 15) is 4.79 Å². The molecular weight excluding hydrogens is 310 g/mol. The number of nitrogens with zero attached hydrogens (tertiary/aromatic N) is 4. The number of tetrazole rings is 1. The van der Waals surface area contributed by atoms with Crippen molar-refractivity contribution in [1.29, 1.82) is 0 Å². The van der Waals surface area contributed by atoms with E-state index in [0.717, 1.165) is 5.69 Å². The van der Waals surface area contributed by atoms with E-state index in [1.807, 2.05) is 12.1 Å². The summed E-state index contributed by atoms with van der Waals surface area (Å²) < 4.78 is 12.2. The topological polar surface area (TPSA) is 91.2 Å². The normalized spacial score (nSPS) is 10.2. The summed E-state index contributed by atoms with van der Waals surface area (Å²) >= 11 is 0. The quantitative estimate of drug-likeness (QED) is 0.741. The lowest BCUT2D eigenvalue weighted by Crippen LogP contribution is -2.20. The van der Waals surface area contributed by atoms with E-state index < -0.39 is 0 Å². The highest BCUT2D eigenvalue weighted by molar-refractivity contribution is 5.93. The first-order chi connectivity index (χ1) is 11.8. The van der Waals surface area contributed by atoms with Gasteiger partial charge in [-0.3, -0.25) is 4.79 Å². The van der Waals surface area contributed by atoms with Crippen molar-refractivity contribution < 1.29 is 14.3 Å². The molecule has 24 heavy (non-hydrogen) atoms. The van der Waals surface area contributed by atoms with Crippen LogP contribution in [0.4, 0.5) is 5.69 Å². The Kier molecular flexibility index (Phi) is 4.66. The van der Waals surface area contributed by atoms with Crippen LogP contribution in [0.1, 0.15) is 0 Å². The van der Waals surface area contributed by atoms with Gasteiger partial charge in [-0.05, 0) is 46.8 Å². The monoisotopic (exact) mass is 325 g/mol. The number of benzene rings is 2. The number of aromatic nitrogens is 4. The summed E-state index contributed by atoms with van der Waals surface area (Å²) in [5.41, 5.74) is 1.40. The summed E-state index contributed by atoms with van der Waals surface area (Å²) in [6, 6.07) is 14.3. The maximum Gasteiger partial charge on any atom is 0.262 e. The Balaban J connectivity index is 1.56. The van der Waals surface area contributed by atoms with Gasteiger partial charge in [0.1, 0.15) is 17.8 Å². The van der Waals surface area contributed by atoms with Gasteiger partial charge in [-0.15, -0.1) is 5.10 Å². The fourth-order valence-electron chi connectivity index (χ4n) is 2.06. The first-order valence-corrected chi connectivity index (χ1v) is 7.15. The maximum absolute atomic E-state index is 12.0. The van der Waals surface area contributed by atoms with Crippen molar-refractivity contribution in [2.75, 3.05) is 19.0 Å². The molecule has 0 aliphatic carbocycles. The summed E-state index contributed by atoms with van der Waals surface area (Å²) in [5.74, 6) is 0.891. The van der Waals surface area contributed by atoms with Gasteiger partial charge in [0.2, 0.25) is 0 Å². The van der Waals surface area contributed by atoms with Crippen molar-refractivity contribution in [3.05, 3.63) is 54.9 Å². The number of hydrogen-bond donors (Lipinski definition) is 1. The predicted octanol–water partition coefficient (Wildman–Crippen LogP) is 1.69. The first kappa shape index (κ1) is 15.5. The highest BCUT2D eigenvalue weighted by atomic mass is 16.5. The number of anilines is 1. The molecule has 0 aliphatic heterocycles. The van der Waals surface area contributed by atoms with Crippen LogP contribution in [0, 0.1) is 0 Å². The Morgan fingerprint density at radius 2 is 1.96 bits per heavy atom. The van der Waals surface area contributed by atoms with E-state index in [1.54, 1.807) is 43.5 Å². The van der Waals surface area contributed by atoms with E-state index >= 15 is 0 Å². The van der Waals surface area contributed by atoms with Gasteiger partial charge in [-0.25, -0.2) is 4.68 Å². The number of amides is 1. The summed E-state index contributed by atoms with van der Waals surface area (Å²) in [5, 5.41) is 13.7. The largest absolute Gasteiger partial charge is 0.495 e. The molecule has 8 nitrogen and oxygen atoms in total. The summed E-state index contributed by atoms with van der Waals surface area (Å²) in [6.07, 6.45) is 1.50. The molecule has 1 heterocycles. The number of para-hydroxylation sites is 2. The average molecular weight is 325 g/mol. The summed E-state index contributed by atoms with van der Waals surface area (Å²) in [6.45, 7) is -0.109. The van der Waals surface area contributed by atoms with Gasteiger partial charge in [0, 0.05) is 0 Å². The van der Waals surface area contributed by atoms with Crippen LogP contribution >= 0.6 is 0 Å². The minimum absolute atomic E-state index is 0.109. The Labute approximate surface area is 138 Å². The van der Waals surface area contributed by atoms with Crippen LogP contribution in [0.2, 0.25) is 0 Å². The van der Waals surface area contributed by atoms with Crippen molar-refractivity contribution in [3.63, 3.8) is 0 Å². The number of methoxy groups -OCH3 is 1. The number of carbonyl (C=O) groups excluding carboxylic acids is 1. The molecule has 0 aliphatic rings. The third kappa shape index (κ3) is 3.67. The van der Waals surface area contributed by atoms with Crippen LogP contribution in [0.15, 0.2) is 54.9 Å². The molecule has 0 unspecified atom stereocenters. The second-order valence-corrected chi connectivity index (χ2v) is 4.79. The Morgan fingerprint density at radius 1 is 1.17 bits per heavy atom. The second-order valence-electron chi connectivity index (χ2n) is 4.79. The molecule has 1 aromatic heterocycles. The number of ether oxygens (including phenoxy) is 2. The van der Waals surface area contributed by atoms with Crippen LogP contribution in [0.5, 0.6) is 11.5 Å². The number of rotatable bonds is 6. The van der Waals surface area contributed by atoms with Crippen LogP contribution in [0.3, 0.4) is 0 Å². The zero-order valence-electron chi connectivity index (χ0n) is 12.9. The van der Waals surface area contributed by atoms with E-state index in [4.69, 9.17) is 9.47 Å². The zero-order valence-corrected chi connectivity index (χ0v) is 12.9. The highest BCUT2D eigenvalue weighted by Gasteiger charge is 2.08. The smallest absolute Gasteiger partial charge is 0.262 e. The third-order valence-corrected chi connectivity index (χ3v) is 3.20. The van der Waals surface area contributed by atoms with E-state index in [2.05, 4.69) is 20.8 Å².